The lowest BCUT2D eigenvalue weighted by molar-refractivity contribution is -0.166. The van der Waals surface area contributed by atoms with Crippen molar-refractivity contribution in [3.63, 3.8) is 0 Å². The fraction of sp³-hybridized carbons (Fsp3) is 0.571. The molecule has 2 aliphatic rings. The van der Waals surface area contributed by atoms with Crippen LogP contribution in [0.25, 0.3) is 0 Å². The summed E-state index contributed by atoms with van der Waals surface area (Å²) in [4.78, 5) is 86.8. The number of imide groups is 4. The quantitative estimate of drug-likeness (QED) is 0.0666. The third-order valence-electron chi connectivity index (χ3n) is 7.71. The van der Waals surface area contributed by atoms with Crippen molar-refractivity contribution >= 4 is 41.7 Å². The lowest BCUT2D eigenvalue weighted by atomic mass is 9.97. The Balaban J connectivity index is 2.30. The Hall–Kier alpha value is -4.47. The summed E-state index contributed by atoms with van der Waals surface area (Å²) in [6.07, 6.45) is 1.89. The first kappa shape index (κ1) is 41.7. The number of cyclic esters (lactones) is 1. The Bertz CT molecular complexity index is 1370. The summed E-state index contributed by atoms with van der Waals surface area (Å²) in [5, 5.41) is 24.0. The molecule has 0 aromatic carbocycles. The van der Waals surface area contributed by atoms with Gasteiger partial charge in [-0.15, -0.1) is 0 Å². The first-order valence-corrected chi connectivity index (χ1v) is 16.6. The van der Waals surface area contributed by atoms with Gasteiger partial charge in [-0.1, -0.05) is 63.0 Å². The van der Waals surface area contributed by atoms with Crippen molar-refractivity contribution in [2.45, 2.75) is 116 Å². The van der Waals surface area contributed by atoms with Gasteiger partial charge in [0.25, 0.3) is 11.8 Å². The van der Waals surface area contributed by atoms with Crippen molar-refractivity contribution < 1.29 is 62.7 Å². The normalized spacial score (nSPS) is 25.9. The number of nitrogens with zero attached hydrogens (tertiary/aromatic N) is 1. The van der Waals surface area contributed by atoms with Gasteiger partial charge in [-0.3, -0.25) is 29.3 Å². The van der Waals surface area contributed by atoms with Crippen molar-refractivity contribution in [1.29, 1.82) is 0 Å². The summed E-state index contributed by atoms with van der Waals surface area (Å²) in [5.41, 5.74) is 0.489. The van der Waals surface area contributed by atoms with E-state index in [1.165, 1.54) is 12.2 Å². The predicted molar refractivity (Wildman–Crippen MR) is 176 cm³/mol. The number of nitrogens with one attached hydrogen (secondary N) is 1. The molecule has 0 aromatic rings. The summed E-state index contributed by atoms with van der Waals surface area (Å²) >= 11 is 0. The number of unbranched alkanes of at least 4 members (excludes halogenated alkanes) is 1. The molecule has 0 bridgehead atoms. The molecule has 1 fully saturated rings. The molecule has 7 unspecified atom stereocenters. The standard InChI is InChI=1S/C35H48N2O13/c1-6-7-12-21(2)20-30(44)47-18-11-10-13-25(40)31(45)33-34(50-35(46)36-23(4)38)32-26(48-32)17-16-22(3)19-28(42)37(24(5)39)27(41)14-8-9-15-29(43)49-33/h8-10,13-15,19,21,25-26,31-34,40,45H,6-7,11-12,16-18,20H2,1-5H3,(H,36,38,46)/b13-10+,14-8+,15-9-,22-19-. The minimum absolute atomic E-state index is 0.0239. The largest absolute Gasteiger partial charge is 0.465 e. The number of fused-ring (bicyclic) bond motifs is 1. The van der Waals surface area contributed by atoms with Crippen LogP contribution in [-0.4, -0.2) is 100 Å². The first-order chi connectivity index (χ1) is 23.6. The Morgan fingerprint density at radius 2 is 1.80 bits per heavy atom. The van der Waals surface area contributed by atoms with E-state index in [4.69, 9.17) is 18.9 Å². The van der Waals surface area contributed by atoms with Gasteiger partial charge in [0.15, 0.2) is 12.2 Å². The number of epoxide rings is 1. The van der Waals surface area contributed by atoms with Crippen LogP contribution in [0.1, 0.15) is 79.6 Å². The van der Waals surface area contributed by atoms with Crippen molar-refractivity contribution in [3.8, 4) is 0 Å². The van der Waals surface area contributed by atoms with Gasteiger partial charge in [-0.2, -0.15) is 0 Å². The van der Waals surface area contributed by atoms with E-state index in [0.717, 1.165) is 63.5 Å². The highest BCUT2D eigenvalue weighted by atomic mass is 16.7. The monoisotopic (exact) mass is 704 g/mol. The summed E-state index contributed by atoms with van der Waals surface area (Å²) in [7, 11) is 0. The van der Waals surface area contributed by atoms with Gasteiger partial charge in [0.05, 0.1) is 12.7 Å². The smallest absolute Gasteiger partial charge is 0.414 e. The van der Waals surface area contributed by atoms with E-state index in [9.17, 15) is 43.8 Å². The lowest BCUT2D eigenvalue weighted by Gasteiger charge is -2.30. The summed E-state index contributed by atoms with van der Waals surface area (Å²) in [5.74, 6) is -4.65. The Morgan fingerprint density at radius 1 is 1.10 bits per heavy atom. The van der Waals surface area contributed by atoms with Gasteiger partial charge in [-0.25, -0.2) is 14.5 Å². The second-order valence-electron chi connectivity index (χ2n) is 12.2. The Labute approximate surface area is 291 Å². The number of esters is 2. The Kier molecular flexibility index (Phi) is 17.4. The van der Waals surface area contributed by atoms with Crippen molar-refractivity contribution in [1.82, 2.24) is 10.2 Å². The van der Waals surface area contributed by atoms with Crippen LogP contribution in [0.3, 0.4) is 0 Å². The third-order valence-corrected chi connectivity index (χ3v) is 7.71. The molecule has 3 N–H and O–H groups in total. The van der Waals surface area contributed by atoms with E-state index in [2.05, 4.69) is 6.92 Å². The minimum Gasteiger partial charge on any atom is -0.465 e. The number of ether oxygens (including phenoxy) is 4. The number of hydrogen-bond donors (Lipinski definition) is 3. The van der Waals surface area contributed by atoms with Gasteiger partial charge in [0, 0.05) is 38.5 Å². The van der Waals surface area contributed by atoms with E-state index >= 15 is 0 Å². The van der Waals surface area contributed by atoms with E-state index in [0.29, 0.717) is 10.5 Å². The number of allylic oxidation sites excluding steroid dienone is 3. The van der Waals surface area contributed by atoms with Crippen LogP contribution in [-0.2, 0) is 47.7 Å². The van der Waals surface area contributed by atoms with E-state index in [-0.39, 0.29) is 44.2 Å². The average Bonchev–Trinajstić information content (AvgIpc) is 3.80. The molecule has 0 aromatic heterocycles. The van der Waals surface area contributed by atoms with Crippen molar-refractivity contribution in [2.75, 3.05) is 6.61 Å². The average molecular weight is 705 g/mol. The zero-order chi connectivity index (χ0) is 37.4. The number of carbonyl (C=O) groups excluding carboxylic acids is 7. The lowest BCUT2D eigenvalue weighted by Crippen LogP contribution is -2.51. The van der Waals surface area contributed by atoms with Gasteiger partial charge >= 0.3 is 18.0 Å². The van der Waals surface area contributed by atoms with Crippen LogP contribution < -0.4 is 5.32 Å². The molecular weight excluding hydrogens is 656 g/mol. The highest BCUT2D eigenvalue weighted by Crippen LogP contribution is 2.35. The van der Waals surface area contributed by atoms with Crippen LogP contribution in [0.15, 0.2) is 48.1 Å². The first-order valence-electron chi connectivity index (χ1n) is 16.6. The minimum atomic E-state index is -1.90. The fourth-order valence-electron chi connectivity index (χ4n) is 5.07. The molecule has 5 amide bonds. The molecule has 1 saturated heterocycles. The van der Waals surface area contributed by atoms with Gasteiger partial charge < -0.3 is 29.2 Å². The number of carbonyl (C=O) groups is 7. The van der Waals surface area contributed by atoms with Crippen molar-refractivity contribution in [3.05, 3.63) is 48.1 Å². The number of rotatable bonds is 12. The zero-order valence-electron chi connectivity index (χ0n) is 29.1. The fourth-order valence-corrected chi connectivity index (χ4v) is 5.07. The summed E-state index contributed by atoms with van der Waals surface area (Å²) < 4.78 is 21.8. The molecule has 2 rings (SSSR count). The predicted octanol–water partition coefficient (Wildman–Crippen LogP) is 2.49. The highest BCUT2D eigenvalue weighted by molar-refractivity contribution is 6.16. The second-order valence-corrected chi connectivity index (χ2v) is 12.2. The Morgan fingerprint density at radius 3 is 2.46 bits per heavy atom. The van der Waals surface area contributed by atoms with E-state index in [1.807, 2.05) is 12.2 Å². The van der Waals surface area contributed by atoms with Gasteiger partial charge in [-0.05, 0) is 32.1 Å². The molecule has 50 heavy (non-hydrogen) atoms. The third kappa shape index (κ3) is 14.6. The highest BCUT2D eigenvalue weighted by Gasteiger charge is 2.53. The maximum Gasteiger partial charge on any atom is 0.414 e. The second kappa shape index (κ2) is 20.9. The molecule has 276 valence electrons. The van der Waals surface area contributed by atoms with Crippen LogP contribution in [0.2, 0.25) is 0 Å². The number of aliphatic hydroxyl groups is 2. The zero-order valence-corrected chi connectivity index (χ0v) is 29.1. The molecule has 0 aliphatic carbocycles. The van der Waals surface area contributed by atoms with E-state index < -0.39 is 72.3 Å². The van der Waals surface area contributed by atoms with Crippen LogP contribution in [0, 0.1) is 5.92 Å². The summed E-state index contributed by atoms with van der Waals surface area (Å²) in [6, 6.07) is 0. The molecule has 0 radical (unpaired) electrons. The SMILES string of the molecule is CCCCC(C)CC(=O)OCC/C=C/C(O)C(O)C1OC(=O)/C=C\C=C\C(=O)N(C(C)=O)C(=O)/C=C(/C)CCC2OC2C1OC(=O)NC(C)=O. The number of aliphatic hydroxyl groups excluding tert-OH is 2. The topological polar surface area (TPSA) is 215 Å². The molecule has 2 heterocycles. The van der Waals surface area contributed by atoms with Crippen LogP contribution in [0.4, 0.5) is 4.79 Å². The maximum absolute atomic E-state index is 12.9. The van der Waals surface area contributed by atoms with Gasteiger partial charge in [0.1, 0.15) is 18.3 Å². The number of alkyl carbamates (subject to hydrolysis) is 1. The molecule has 15 nitrogen and oxygen atoms in total. The molecule has 15 heteroatoms. The molecule has 0 spiro atoms. The number of hydrogen-bond acceptors (Lipinski definition) is 13. The molecule has 7 atom stereocenters. The molecule has 2 aliphatic heterocycles. The molecule has 0 saturated carbocycles. The maximum atomic E-state index is 12.9. The van der Waals surface area contributed by atoms with Gasteiger partial charge in [0.2, 0.25) is 11.8 Å². The van der Waals surface area contributed by atoms with E-state index in [1.54, 1.807) is 6.92 Å². The summed E-state index contributed by atoms with van der Waals surface area (Å²) in [6.45, 7) is 7.79. The van der Waals surface area contributed by atoms with Crippen LogP contribution >= 0.6 is 0 Å². The molecular formula is C35H48N2O13. The number of amides is 5. The van der Waals surface area contributed by atoms with Crippen LogP contribution in [0.5, 0.6) is 0 Å². The van der Waals surface area contributed by atoms with Crippen molar-refractivity contribution in [2.24, 2.45) is 5.92 Å².